The fourth-order valence-electron chi connectivity index (χ4n) is 11.3. The van der Waals surface area contributed by atoms with Crippen LogP contribution in [0.1, 0.15) is 106 Å². The molecular formula is C29H48O2. The van der Waals surface area contributed by atoms with Crippen LogP contribution >= 0.6 is 0 Å². The van der Waals surface area contributed by atoms with E-state index >= 15 is 0 Å². The number of allylic oxidation sites excluding steroid dienone is 1. The molecule has 0 amide bonds. The highest BCUT2D eigenvalue weighted by Crippen LogP contribution is 2.77. The Balaban J connectivity index is 1.54. The van der Waals surface area contributed by atoms with E-state index in [1.807, 2.05) is 0 Å². The van der Waals surface area contributed by atoms with Crippen molar-refractivity contribution in [2.45, 2.75) is 112 Å². The zero-order valence-electron chi connectivity index (χ0n) is 21.1. The first-order valence-corrected chi connectivity index (χ1v) is 13.4. The molecule has 0 aromatic carbocycles. The third-order valence-electron chi connectivity index (χ3n) is 13.3. The lowest BCUT2D eigenvalue weighted by molar-refractivity contribution is -0.246. The molecule has 176 valence electrons. The van der Waals surface area contributed by atoms with Crippen LogP contribution < -0.4 is 0 Å². The second-order valence-electron chi connectivity index (χ2n) is 14.4. The van der Waals surface area contributed by atoms with Gasteiger partial charge in [0.1, 0.15) is 0 Å². The van der Waals surface area contributed by atoms with Gasteiger partial charge in [0.15, 0.2) is 0 Å². The van der Waals surface area contributed by atoms with Crippen LogP contribution in [0.4, 0.5) is 0 Å². The van der Waals surface area contributed by atoms with Gasteiger partial charge in [-0.25, -0.2) is 0 Å². The van der Waals surface area contributed by atoms with E-state index in [1.165, 1.54) is 51.4 Å². The van der Waals surface area contributed by atoms with Crippen molar-refractivity contribution in [1.29, 1.82) is 0 Å². The molecule has 0 unspecified atom stereocenters. The molecule has 0 bridgehead atoms. The molecule has 5 rings (SSSR count). The molecule has 0 spiro atoms. The molecule has 0 aromatic rings. The Hall–Kier alpha value is -0.500. The van der Waals surface area contributed by atoms with E-state index in [-0.39, 0.29) is 11.5 Å². The molecule has 5 saturated carbocycles. The number of hydrogen-bond donors (Lipinski definition) is 2. The molecule has 31 heavy (non-hydrogen) atoms. The standard InChI is InChI=1S/C29H48O2/c1-18(30)19-10-13-26(4)16-17-28(6)20(24(19)26)8-9-22-27(5)14-12-23(31)25(2,3)21(27)11-15-29(22,28)7/h19-24,30-31H,1,8-17H2,2-7H3/t19-,20+,21-,22+,23-,24+,26+,27-,28+,29+/m0/s1. The van der Waals surface area contributed by atoms with E-state index in [1.54, 1.807) is 0 Å². The van der Waals surface area contributed by atoms with Crippen LogP contribution in [-0.4, -0.2) is 16.3 Å². The SMILES string of the molecule is C=C(O)[C@@H]1CC[C@]2(C)CC[C@]3(C)[C@H](CC[C@@H]4[C@@]5(C)CC[C@H](O)C(C)(C)[C@@H]5CC[C@]43C)[C@@H]12. The Labute approximate surface area is 191 Å². The normalized spacial score (nSPS) is 57.9. The van der Waals surface area contributed by atoms with Gasteiger partial charge in [-0.1, -0.05) is 48.1 Å². The first kappa shape index (κ1) is 22.3. The molecule has 10 atom stereocenters. The van der Waals surface area contributed by atoms with Gasteiger partial charge in [-0.3, -0.25) is 0 Å². The van der Waals surface area contributed by atoms with Crippen molar-refractivity contribution in [2.75, 3.05) is 0 Å². The highest BCUT2D eigenvalue weighted by Gasteiger charge is 2.70. The third kappa shape index (κ3) is 2.61. The summed E-state index contributed by atoms with van der Waals surface area (Å²) < 4.78 is 0. The topological polar surface area (TPSA) is 40.5 Å². The van der Waals surface area contributed by atoms with E-state index in [4.69, 9.17) is 0 Å². The van der Waals surface area contributed by atoms with Gasteiger partial charge in [0, 0.05) is 5.92 Å². The minimum atomic E-state index is -0.146. The Bertz CT molecular complexity index is 771. The zero-order chi connectivity index (χ0) is 22.6. The summed E-state index contributed by atoms with van der Waals surface area (Å²) >= 11 is 0. The van der Waals surface area contributed by atoms with Crippen LogP contribution in [0.25, 0.3) is 0 Å². The van der Waals surface area contributed by atoms with Crippen molar-refractivity contribution in [1.82, 2.24) is 0 Å². The quantitative estimate of drug-likeness (QED) is 0.424. The van der Waals surface area contributed by atoms with Crippen molar-refractivity contribution < 1.29 is 10.2 Å². The van der Waals surface area contributed by atoms with Gasteiger partial charge in [0.05, 0.1) is 11.9 Å². The first-order valence-electron chi connectivity index (χ1n) is 13.4. The Kier molecular flexibility index (Phi) is 4.71. The molecule has 2 heteroatoms. The van der Waals surface area contributed by atoms with Gasteiger partial charge in [0.25, 0.3) is 0 Å². The Morgan fingerprint density at radius 3 is 2.13 bits per heavy atom. The van der Waals surface area contributed by atoms with Crippen molar-refractivity contribution in [2.24, 2.45) is 56.7 Å². The van der Waals surface area contributed by atoms with Crippen LogP contribution in [0.15, 0.2) is 12.3 Å². The van der Waals surface area contributed by atoms with Crippen molar-refractivity contribution in [3.8, 4) is 0 Å². The highest BCUT2D eigenvalue weighted by atomic mass is 16.3. The Morgan fingerprint density at radius 1 is 0.742 bits per heavy atom. The van der Waals surface area contributed by atoms with Crippen molar-refractivity contribution in [3.05, 3.63) is 12.3 Å². The molecule has 0 heterocycles. The summed E-state index contributed by atoms with van der Waals surface area (Å²) in [4.78, 5) is 0. The largest absolute Gasteiger partial charge is 0.513 e. The summed E-state index contributed by atoms with van der Waals surface area (Å²) in [6, 6.07) is 0. The van der Waals surface area contributed by atoms with Crippen LogP contribution in [0.3, 0.4) is 0 Å². The maximum absolute atomic E-state index is 10.9. The second-order valence-corrected chi connectivity index (χ2v) is 14.4. The monoisotopic (exact) mass is 428 g/mol. The highest BCUT2D eigenvalue weighted by molar-refractivity contribution is 5.20. The summed E-state index contributed by atoms with van der Waals surface area (Å²) in [5, 5.41) is 21.4. The van der Waals surface area contributed by atoms with E-state index < -0.39 is 0 Å². The van der Waals surface area contributed by atoms with Gasteiger partial charge >= 0.3 is 0 Å². The molecule has 0 aromatic heterocycles. The molecule has 0 saturated heterocycles. The lowest BCUT2D eigenvalue weighted by atomic mass is 9.32. The number of aliphatic hydroxyl groups is 2. The zero-order valence-corrected chi connectivity index (χ0v) is 21.1. The maximum atomic E-state index is 10.9. The summed E-state index contributed by atoms with van der Waals surface area (Å²) in [6.45, 7) is 19.2. The molecule has 5 aliphatic carbocycles. The van der Waals surface area contributed by atoms with Gasteiger partial charge in [0.2, 0.25) is 0 Å². The average molecular weight is 429 g/mol. The van der Waals surface area contributed by atoms with Crippen LogP contribution in [-0.2, 0) is 0 Å². The number of rotatable bonds is 1. The second kappa shape index (κ2) is 6.55. The average Bonchev–Trinajstić information content (AvgIpc) is 3.04. The summed E-state index contributed by atoms with van der Waals surface area (Å²) in [5.41, 5.74) is 1.49. The van der Waals surface area contributed by atoms with Crippen molar-refractivity contribution in [3.63, 3.8) is 0 Å². The molecule has 0 aliphatic heterocycles. The lowest BCUT2D eigenvalue weighted by Gasteiger charge is -2.72. The predicted molar refractivity (Wildman–Crippen MR) is 128 cm³/mol. The van der Waals surface area contributed by atoms with Crippen LogP contribution in [0.2, 0.25) is 0 Å². The van der Waals surface area contributed by atoms with E-state index in [0.29, 0.717) is 51.1 Å². The van der Waals surface area contributed by atoms with Gasteiger partial charge in [-0.15, -0.1) is 0 Å². The molecule has 5 aliphatic rings. The minimum absolute atomic E-state index is 0.0302. The number of hydrogen-bond acceptors (Lipinski definition) is 2. The fourth-order valence-corrected chi connectivity index (χ4v) is 11.3. The number of fused-ring (bicyclic) bond motifs is 7. The summed E-state index contributed by atoms with van der Waals surface area (Å²) in [7, 11) is 0. The van der Waals surface area contributed by atoms with E-state index in [2.05, 4.69) is 48.1 Å². The smallest absolute Gasteiger partial charge is 0.0884 e. The van der Waals surface area contributed by atoms with Gasteiger partial charge in [-0.05, 0) is 115 Å². The molecule has 0 radical (unpaired) electrons. The Morgan fingerprint density at radius 2 is 1.45 bits per heavy atom. The van der Waals surface area contributed by atoms with Gasteiger partial charge in [-0.2, -0.15) is 0 Å². The third-order valence-corrected chi connectivity index (χ3v) is 13.3. The van der Waals surface area contributed by atoms with Gasteiger partial charge < -0.3 is 10.2 Å². The fraction of sp³-hybridized carbons (Fsp3) is 0.931. The van der Waals surface area contributed by atoms with E-state index in [9.17, 15) is 10.2 Å². The molecule has 2 N–H and O–H groups in total. The summed E-state index contributed by atoms with van der Waals surface area (Å²) in [6.07, 6.45) is 12.3. The molecule has 5 fully saturated rings. The minimum Gasteiger partial charge on any atom is -0.513 e. The summed E-state index contributed by atoms with van der Waals surface area (Å²) in [5.74, 6) is 3.48. The predicted octanol–water partition coefficient (Wildman–Crippen LogP) is 7.52. The molecular weight excluding hydrogens is 380 g/mol. The maximum Gasteiger partial charge on any atom is 0.0884 e. The van der Waals surface area contributed by atoms with E-state index in [0.717, 1.165) is 18.8 Å². The van der Waals surface area contributed by atoms with Crippen LogP contribution in [0.5, 0.6) is 0 Å². The van der Waals surface area contributed by atoms with Crippen molar-refractivity contribution >= 4 is 0 Å². The first-order chi connectivity index (χ1) is 14.3. The molecule has 2 nitrogen and oxygen atoms in total. The lowest BCUT2D eigenvalue weighted by Crippen LogP contribution is -2.66. The van der Waals surface area contributed by atoms with Crippen LogP contribution in [0, 0.1) is 56.7 Å². The number of aliphatic hydroxyl groups excluding tert-OH is 2.